The first-order valence-corrected chi connectivity index (χ1v) is 7.58. The third kappa shape index (κ3) is 3.20. The lowest BCUT2D eigenvalue weighted by Crippen LogP contribution is -2.07. The fraction of sp³-hybridized carbons (Fsp3) is 0.600. The van der Waals surface area contributed by atoms with E-state index in [-0.39, 0.29) is 0 Å². The van der Waals surface area contributed by atoms with Crippen LogP contribution in [0, 0.1) is 13.8 Å². The molecule has 1 N–H and O–H groups in total. The van der Waals surface area contributed by atoms with E-state index in [0.29, 0.717) is 18.4 Å². The van der Waals surface area contributed by atoms with Crippen LogP contribution in [0.15, 0.2) is 10.9 Å². The molecule has 0 atom stereocenters. The molecule has 21 heavy (non-hydrogen) atoms. The van der Waals surface area contributed by atoms with Gasteiger partial charge in [0.1, 0.15) is 12.1 Å². The Morgan fingerprint density at radius 1 is 1.19 bits per heavy atom. The lowest BCUT2D eigenvalue weighted by atomic mass is 9.89. The van der Waals surface area contributed by atoms with Gasteiger partial charge in [-0.25, -0.2) is 9.97 Å². The number of nitrogens with one attached hydrogen (secondary N) is 1. The Bertz CT molecular complexity index is 604. The van der Waals surface area contributed by atoms with Crippen molar-refractivity contribution in [1.82, 2.24) is 20.1 Å². The Kier molecular flexibility index (Phi) is 4.13. The van der Waals surface area contributed by atoms with E-state index in [9.17, 15) is 0 Å². The molecule has 1 saturated carbocycles. The van der Waals surface area contributed by atoms with Crippen molar-refractivity contribution >= 4 is 5.82 Å². The van der Waals surface area contributed by atoms with E-state index in [4.69, 9.17) is 4.52 Å². The number of rotatable bonds is 4. The van der Waals surface area contributed by atoms with Crippen LogP contribution in [-0.4, -0.2) is 20.1 Å². The molecule has 0 saturated heterocycles. The monoisotopic (exact) mass is 287 g/mol. The molecule has 0 radical (unpaired) electrons. The Morgan fingerprint density at radius 2 is 2.00 bits per heavy atom. The van der Waals surface area contributed by atoms with Crippen LogP contribution in [0.5, 0.6) is 0 Å². The highest BCUT2D eigenvalue weighted by atomic mass is 16.5. The molecular weight excluding hydrogens is 266 g/mol. The zero-order valence-electron chi connectivity index (χ0n) is 12.6. The SMILES string of the molecule is Cc1ncnc(NCc2nc(C3CCCCC3)no2)c1C. The summed E-state index contributed by atoms with van der Waals surface area (Å²) in [5.74, 6) is 2.77. The predicted octanol–water partition coefficient (Wildman–Crippen LogP) is 3.14. The smallest absolute Gasteiger partial charge is 0.245 e. The van der Waals surface area contributed by atoms with Gasteiger partial charge in [0.05, 0.1) is 6.54 Å². The average molecular weight is 287 g/mol. The van der Waals surface area contributed by atoms with Gasteiger partial charge in [-0.05, 0) is 26.7 Å². The van der Waals surface area contributed by atoms with Crippen molar-refractivity contribution in [2.24, 2.45) is 0 Å². The van der Waals surface area contributed by atoms with Crippen LogP contribution in [0.1, 0.15) is 61.0 Å². The van der Waals surface area contributed by atoms with E-state index in [0.717, 1.165) is 22.9 Å². The van der Waals surface area contributed by atoms with Crippen LogP contribution in [0.3, 0.4) is 0 Å². The van der Waals surface area contributed by atoms with E-state index in [2.05, 4.69) is 25.4 Å². The summed E-state index contributed by atoms with van der Waals surface area (Å²) in [6, 6.07) is 0. The molecule has 2 aromatic rings. The summed E-state index contributed by atoms with van der Waals surface area (Å²) in [5.41, 5.74) is 2.02. The molecule has 6 nitrogen and oxygen atoms in total. The largest absolute Gasteiger partial charge is 0.361 e. The molecule has 0 unspecified atom stereocenters. The number of hydrogen-bond acceptors (Lipinski definition) is 6. The summed E-state index contributed by atoms with van der Waals surface area (Å²) in [5, 5.41) is 7.37. The molecule has 1 aliphatic carbocycles. The van der Waals surface area contributed by atoms with Crippen molar-refractivity contribution in [2.45, 2.75) is 58.4 Å². The standard InChI is InChI=1S/C15H21N5O/c1-10-11(2)17-9-18-14(10)16-8-13-19-15(20-21-13)12-6-4-3-5-7-12/h9,12H,3-8H2,1-2H3,(H,16,17,18). The van der Waals surface area contributed by atoms with Crippen molar-refractivity contribution < 1.29 is 4.52 Å². The van der Waals surface area contributed by atoms with Gasteiger partial charge >= 0.3 is 0 Å². The van der Waals surface area contributed by atoms with E-state index in [1.54, 1.807) is 6.33 Å². The van der Waals surface area contributed by atoms with Crippen LogP contribution in [0.4, 0.5) is 5.82 Å². The van der Waals surface area contributed by atoms with Gasteiger partial charge in [-0.15, -0.1) is 0 Å². The Labute approximate surface area is 124 Å². The van der Waals surface area contributed by atoms with E-state index in [1.165, 1.54) is 32.1 Å². The number of hydrogen-bond donors (Lipinski definition) is 1. The lowest BCUT2D eigenvalue weighted by Gasteiger charge is -2.17. The summed E-state index contributed by atoms with van der Waals surface area (Å²) in [4.78, 5) is 12.9. The van der Waals surface area contributed by atoms with Crippen LogP contribution in [-0.2, 0) is 6.54 Å². The average Bonchev–Trinajstić information content (AvgIpc) is 2.99. The Hall–Kier alpha value is -1.98. The van der Waals surface area contributed by atoms with Gasteiger partial charge in [0.2, 0.25) is 5.89 Å². The molecule has 1 fully saturated rings. The molecule has 0 aromatic carbocycles. The number of aromatic nitrogens is 4. The minimum absolute atomic E-state index is 0.472. The van der Waals surface area contributed by atoms with Crippen LogP contribution >= 0.6 is 0 Å². The quantitative estimate of drug-likeness (QED) is 0.931. The first-order chi connectivity index (χ1) is 10.2. The zero-order valence-corrected chi connectivity index (χ0v) is 12.6. The van der Waals surface area contributed by atoms with Crippen LogP contribution in [0.2, 0.25) is 0 Å². The van der Waals surface area contributed by atoms with Crippen LogP contribution in [0.25, 0.3) is 0 Å². The molecule has 2 aromatic heterocycles. The highest BCUT2D eigenvalue weighted by Gasteiger charge is 2.20. The van der Waals surface area contributed by atoms with Crippen molar-refractivity contribution in [2.75, 3.05) is 5.32 Å². The Morgan fingerprint density at radius 3 is 2.81 bits per heavy atom. The summed E-state index contributed by atoms with van der Waals surface area (Å²) in [6.07, 6.45) is 7.78. The molecule has 112 valence electrons. The maximum Gasteiger partial charge on any atom is 0.245 e. The second-order valence-corrected chi connectivity index (χ2v) is 5.67. The van der Waals surface area contributed by atoms with Crippen molar-refractivity contribution in [1.29, 1.82) is 0 Å². The maximum absolute atomic E-state index is 5.34. The molecule has 0 aliphatic heterocycles. The van der Waals surface area contributed by atoms with Gasteiger partial charge in [0.25, 0.3) is 0 Å². The summed E-state index contributed by atoms with van der Waals surface area (Å²) >= 11 is 0. The highest BCUT2D eigenvalue weighted by molar-refractivity contribution is 5.44. The molecule has 6 heteroatoms. The number of anilines is 1. The molecule has 0 spiro atoms. The number of nitrogens with zero attached hydrogens (tertiary/aromatic N) is 4. The Balaban J connectivity index is 1.63. The second-order valence-electron chi connectivity index (χ2n) is 5.67. The molecule has 1 aliphatic rings. The van der Waals surface area contributed by atoms with Crippen molar-refractivity contribution in [3.8, 4) is 0 Å². The van der Waals surface area contributed by atoms with Crippen LogP contribution < -0.4 is 5.32 Å². The normalized spacial score (nSPS) is 16.1. The van der Waals surface area contributed by atoms with Gasteiger partial charge in [0, 0.05) is 17.2 Å². The van der Waals surface area contributed by atoms with E-state index in [1.807, 2.05) is 13.8 Å². The summed E-state index contributed by atoms with van der Waals surface area (Å²) in [7, 11) is 0. The molecular formula is C15H21N5O. The van der Waals surface area contributed by atoms with E-state index >= 15 is 0 Å². The topological polar surface area (TPSA) is 76.7 Å². The lowest BCUT2D eigenvalue weighted by molar-refractivity contribution is 0.361. The van der Waals surface area contributed by atoms with Crippen molar-refractivity contribution in [3.05, 3.63) is 29.3 Å². The van der Waals surface area contributed by atoms with Crippen molar-refractivity contribution in [3.63, 3.8) is 0 Å². The molecule has 0 bridgehead atoms. The molecule has 0 amide bonds. The third-order valence-corrected chi connectivity index (χ3v) is 4.20. The molecule has 3 rings (SSSR count). The minimum Gasteiger partial charge on any atom is -0.361 e. The van der Waals surface area contributed by atoms with Gasteiger partial charge in [-0.2, -0.15) is 4.98 Å². The van der Waals surface area contributed by atoms with Gasteiger partial charge in [0.15, 0.2) is 5.82 Å². The maximum atomic E-state index is 5.34. The minimum atomic E-state index is 0.472. The first-order valence-electron chi connectivity index (χ1n) is 7.58. The number of aryl methyl sites for hydroxylation is 1. The first kappa shape index (κ1) is 14.0. The summed E-state index contributed by atoms with van der Waals surface area (Å²) < 4.78 is 5.34. The predicted molar refractivity (Wildman–Crippen MR) is 79.0 cm³/mol. The fourth-order valence-electron chi connectivity index (χ4n) is 2.74. The van der Waals surface area contributed by atoms with Gasteiger partial charge < -0.3 is 9.84 Å². The van der Waals surface area contributed by atoms with Gasteiger partial charge in [-0.1, -0.05) is 24.4 Å². The third-order valence-electron chi connectivity index (χ3n) is 4.20. The second kappa shape index (κ2) is 6.20. The highest BCUT2D eigenvalue weighted by Crippen LogP contribution is 2.30. The van der Waals surface area contributed by atoms with E-state index < -0.39 is 0 Å². The molecule has 2 heterocycles. The summed E-state index contributed by atoms with van der Waals surface area (Å²) in [6.45, 7) is 4.46. The van der Waals surface area contributed by atoms with Gasteiger partial charge in [-0.3, -0.25) is 0 Å². The fourth-order valence-corrected chi connectivity index (χ4v) is 2.74. The zero-order chi connectivity index (χ0) is 14.7.